The van der Waals surface area contributed by atoms with Crippen molar-refractivity contribution in [1.29, 1.82) is 0 Å². The fourth-order valence-electron chi connectivity index (χ4n) is 5.47. The first-order valence-corrected chi connectivity index (χ1v) is 16.5. The molecule has 4 aromatic rings. The maximum absolute atomic E-state index is 14.4. The highest BCUT2D eigenvalue weighted by Gasteiger charge is 2.45. The molecule has 0 bridgehead atoms. The number of hydrogen-bond acceptors (Lipinski definition) is 5. The third kappa shape index (κ3) is 6.62. The number of sulfonamides is 2. The van der Waals surface area contributed by atoms with Crippen molar-refractivity contribution in [2.75, 3.05) is 13.1 Å². The molecule has 1 heterocycles. The molecule has 222 valence electrons. The Morgan fingerprint density at radius 1 is 0.571 bits per heavy atom. The molecule has 42 heavy (non-hydrogen) atoms. The molecule has 0 radical (unpaired) electrons. The van der Waals surface area contributed by atoms with Gasteiger partial charge in [0.2, 0.25) is 20.0 Å². The van der Waals surface area contributed by atoms with E-state index >= 15 is 0 Å². The first-order valence-electron chi connectivity index (χ1n) is 13.6. The van der Waals surface area contributed by atoms with Crippen molar-refractivity contribution in [1.82, 2.24) is 13.9 Å². The summed E-state index contributed by atoms with van der Waals surface area (Å²) in [7, 11) is -8.00. The Kier molecular flexibility index (Phi) is 10.2. The van der Waals surface area contributed by atoms with Crippen molar-refractivity contribution in [3.8, 4) is 0 Å². The molecular weight excluding hydrogens is 590 g/mol. The van der Waals surface area contributed by atoms with Crippen LogP contribution in [0.3, 0.4) is 0 Å². The van der Waals surface area contributed by atoms with E-state index in [4.69, 9.17) is 0 Å². The standard InChI is InChI=1S/C32H35N3O4S2.ClH/c1-25-13-9-11-19-31(25)40(36,37)34(23-27-15-5-3-6-16-27)29-21-33-22-30(29)35(24-28-17-7-4-8-18-28)41(38,39)32-20-12-10-14-26(32)2;/h3-20,29-30,33H,21-24H2,1-2H3;1H/t29-,30-;/m0./s1. The Labute approximate surface area is 255 Å². The summed E-state index contributed by atoms with van der Waals surface area (Å²) in [6.45, 7) is 4.42. The summed E-state index contributed by atoms with van der Waals surface area (Å²) in [6, 6.07) is 31.4. The summed E-state index contributed by atoms with van der Waals surface area (Å²) in [6.07, 6.45) is 0. The van der Waals surface area contributed by atoms with Gasteiger partial charge in [-0.25, -0.2) is 16.8 Å². The summed E-state index contributed by atoms with van der Waals surface area (Å²) in [5, 5.41) is 3.32. The molecule has 0 amide bonds. The van der Waals surface area contributed by atoms with Gasteiger partial charge in [-0.05, 0) is 48.2 Å². The zero-order valence-electron chi connectivity index (χ0n) is 23.6. The van der Waals surface area contributed by atoms with E-state index in [1.54, 1.807) is 50.2 Å². The minimum absolute atomic E-state index is 0. The van der Waals surface area contributed by atoms with E-state index in [9.17, 15) is 16.8 Å². The van der Waals surface area contributed by atoms with Gasteiger partial charge in [-0.15, -0.1) is 12.4 Å². The average Bonchev–Trinajstić information content (AvgIpc) is 3.44. The quantitative estimate of drug-likeness (QED) is 0.264. The van der Waals surface area contributed by atoms with E-state index in [0.717, 1.165) is 11.1 Å². The number of nitrogens with one attached hydrogen (secondary N) is 1. The molecule has 0 aromatic heterocycles. The number of aryl methyl sites for hydroxylation is 2. The number of nitrogens with zero attached hydrogens (tertiary/aromatic N) is 2. The lowest BCUT2D eigenvalue weighted by atomic mass is 10.1. The summed E-state index contributed by atoms with van der Waals surface area (Å²) >= 11 is 0. The zero-order valence-corrected chi connectivity index (χ0v) is 26.1. The molecule has 0 spiro atoms. The van der Waals surface area contributed by atoms with Gasteiger partial charge in [0.05, 0.1) is 21.9 Å². The second-order valence-electron chi connectivity index (χ2n) is 10.4. The summed E-state index contributed by atoms with van der Waals surface area (Å²) in [4.78, 5) is 0.441. The average molecular weight is 626 g/mol. The molecule has 1 saturated heterocycles. The number of halogens is 1. The van der Waals surface area contributed by atoms with Crippen molar-refractivity contribution in [2.24, 2.45) is 0 Å². The lowest BCUT2D eigenvalue weighted by molar-refractivity contribution is 0.219. The molecule has 4 aromatic carbocycles. The molecule has 7 nitrogen and oxygen atoms in total. The molecule has 10 heteroatoms. The van der Waals surface area contributed by atoms with Gasteiger partial charge in [0, 0.05) is 26.2 Å². The minimum atomic E-state index is -4.00. The van der Waals surface area contributed by atoms with Crippen molar-refractivity contribution in [3.63, 3.8) is 0 Å². The summed E-state index contributed by atoms with van der Waals surface area (Å²) in [5.74, 6) is 0. The molecule has 0 aliphatic carbocycles. The summed E-state index contributed by atoms with van der Waals surface area (Å²) < 4.78 is 60.5. The largest absolute Gasteiger partial charge is 0.313 e. The van der Waals surface area contributed by atoms with Crippen molar-refractivity contribution in [2.45, 2.75) is 48.8 Å². The van der Waals surface area contributed by atoms with Gasteiger partial charge in [-0.3, -0.25) is 0 Å². The summed E-state index contributed by atoms with van der Waals surface area (Å²) in [5.41, 5.74) is 2.93. The molecule has 0 saturated carbocycles. The monoisotopic (exact) mass is 625 g/mol. The first-order chi connectivity index (χ1) is 19.7. The Hall–Kier alpha value is -3.05. The third-order valence-corrected chi connectivity index (χ3v) is 11.7. The molecule has 2 atom stereocenters. The molecule has 1 aliphatic heterocycles. The normalized spacial score (nSPS) is 17.3. The molecular formula is C32H36ClN3O4S2. The smallest absolute Gasteiger partial charge is 0.243 e. The Balaban J connectivity index is 0.00000405. The van der Waals surface area contributed by atoms with E-state index in [-0.39, 0.29) is 35.3 Å². The van der Waals surface area contributed by atoms with Crippen LogP contribution in [-0.4, -0.2) is 50.6 Å². The van der Waals surface area contributed by atoms with Crippen LogP contribution < -0.4 is 5.32 Å². The van der Waals surface area contributed by atoms with Gasteiger partial charge >= 0.3 is 0 Å². The van der Waals surface area contributed by atoms with E-state index in [1.807, 2.05) is 72.8 Å². The van der Waals surface area contributed by atoms with Crippen LogP contribution in [0.5, 0.6) is 0 Å². The number of hydrogen-bond donors (Lipinski definition) is 1. The molecule has 0 unspecified atom stereocenters. The van der Waals surface area contributed by atoms with Crippen LogP contribution in [0.2, 0.25) is 0 Å². The van der Waals surface area contributed by atoms with E-state index in [2.05, 4.69) is 5.32 Å². The van der Waals surface area contributed by atoms with E-state index in [0.29, 0.717) is 24.2 Å². The highest BCUT2D eigenvalue weighted by atomic mass is 35.5. The van der Waals surface area contributed by atoms with Crippen LogP contribution in [-0.2, 0) is 33.1 Å². The number of benzene rings is 4. The van der Waals surface area contributed by atoms with Crippen LogP contribution >= 0.6 is 12.4 Å². The van der Waals surface area contributed by atoms with Gasteiger partial charge in [0.1, 0.15) is 0 Å². The Bertz CT molecular complexity index is 1580. The fraction of sp³-hybridized carbons (Fsp3) is 0.250. The Morgan fingerprint density at radius 3 is 1.26 bits per heavy atom. The maximum atomic E-state index is 14.4. The van der Waals surface area contributed by atoms with Crippen LogP contribution in [0.1, 0.15) is 22.3 Å². The molecule has 1 N–H and O–H groups in total. The fourth-order valence-corrected chi connectivity index (χ4v) is 9.21. The predicted octanol–water partition coefficient (Wildman–Crippen LogP) is 5.15. The topological polar surface area (TPSA) is 86.8 Å². The number of rotatable bonds is 10. The van der Waals surface area contributed by atoms with E-state index < -0.39 is 32.1 Å². The van der Waals surface area contributed by atoms with Crippen LogP contribution in [0.25, 0.3) is 0 Å². The van der Waals surface area contributed by atoms with Crippen LogP contribution in [0.15, 0.2) is 119 Å². The molecule has 1 aliphatic rings. The second kappa shape index (κ2) is 13.5. The lowest BCUT2D eigenvalue weighted by Crippen LogP contribution is -2.54. The van der Waals surface area contributed by atoms with Crippen molar-refractivity contribution in [3.05, 3.63) is 131 Å². The van der Waals surface area contributed by atoms with E-state index in [1.165, 1.54) is 8.61 Å². The van der Waals surface area contributed by atoms with Crippen LogP contribution in [0.4, 0.5) is 0 Å². The highest BCUT2D eigenvalue weighted by molar-refractivity contribution is 7.89. The highest BCUT2D eigenvalue weighted by Crippen LogP contribution is 2.32. The molecule has 5 rings (SSSR count). The van der Waals surface area contributed by atoms with Gasteiger partial charge in [0.15, 0.2) is 0 Å². The first kappa shape index (κ1) is 31.9. The lowest BCUT2D eigenvalue weighted by Gasteiger charge is -2.37. The van der Waals surface area contributed by atoms with Crippen molar-refractivity contribution >= 4 is 32.5 Å². The minimum Gasteiger partial charge on any atom is -0.313 e. The zero-order chi connectivity index (χ0) is 29.0. The second-order valence-corrected chi connectivity index (χ2v) is 14.1. The van der Waals surface area contributed by atoms with Crippen molar-refractivity contribution < 1.29 is 16.8 Å². The molecule has 1 fully saturated rings. The Morgan fingerprint density at radius 2 is 0.905 bits per heavy atom. The third-order valence-electron chi connectivity index (χ3n) is 7.61. The van der Waals surface area contributed by atoms with Gasteiger partial charge in [-0.2, -0.15) is 8.61 Å². The van der Waals surface area contributed by atoms with Gasteiger partial charge in [-0.1, -0.05) is 97.1 Å². The van der Waals surface area contributed by atoms with Gasteiger partial charge in [0.25, 0.3) is 0 Å². The predicted molar refractivity (Wildman–Crippen MR) is 168 cm³/mol. The van der Waals surface area contributed by atoms with Gasteiger partial charge < -0.3 is 5.32 Å². The van der Waals surface area contributed by atoms with Crippen LogP contribution in [0, 0.1) is 13.8 Å². The maximum Gasteiger partial charge on any atom is 0.243 e. The SMILES string of the molecule is Cc1ccccc1S(=O)(=O)N(Cc1ccccc1)[C@H]1CNC[C@@H]1N(Cc1ccccc1)S(=O)(=O)c1ccccc1C.Cl.